The third-order valence-electron chi connectivity index (χ3n) is 1.51. The third-order valence-corrected chi connectivity index (χ3v) is 1.51. The largest absolute Gasteiger partial charge is 0.494 e. The highest BCUT2D eigenvalue weighted by atomic mass is 19.1. The first-order valence-corrected chi connectivity index (χ1v) is 3.47. The molecule has 4 nitrogen and oxygen atoms in total. The minimum Gasteiger partial charge on any atom is -0.494 e. The zero-order valence-corrected chi connectivity index (χ0v) is 6.87. The molecule has 0 aliphatic carbocycles. The van der Waals surface area contributed by atoms with Gasteiger partial charge in [0.2, 0.25) is 0 Å². The van der Waals surface area contributed by atoms with Gasteiger partial charge in [-0.1, -0.05) is 0 Å². The van der Waals surface area contributed by atoms with Crippen LogP contribution in [0.3, 0.4) is 0 Å². The number of benzene rings is 1. The molecule has 1 aromatic rings. The summed E-state index contributed by atoms with van der Waals surface area (Å²) in [6.07, 6.45) is 0. The number of ether oxygens (including phenoxy) is 1. The van der Waals surface area contributed by atoms with E-state index in [4.69, 9.17) is 5.21 Å². The first-order valence-electron chi connectivity index (χ1n) is 3.47. The Morgan fingerprint density at radius 3 is 2.85 bits per heavy atom. The van der Waals surface area contributed by atoms with E-state index in [1.54, 1.807) is 0 Å². The zero-order chi connectivity index (χ0) is 9.84. The fraction of sp³-hybridized carbons (Fsp3) is 0.125. The molecule has 70 valence electrons. The standard InChI is InChI=1S/C8H8FNO3/c1-13-7-4-5(8(11)10-12)2-3-6(7)9/h2-4,12H,1H3,(H,10,11). The molecule has 0 spiro atoms. The van der Waals surface area contributed by atoms with Crippen molar-refractivity contribution in [2.75, 3.05) is 7.11 Å². The average molecular weight is 185 g/mol. The van der Waals surface area contributed by atoms with Crippen LogP contribution in [0.15, 0.2) is 18.2 Å². The molecule has 0 fully saturated rings. The Kier molecular flexibility index (Phi) is 2.81. The van der Waals surface area contributed by atoms with Crippen LogP contribution >= 0.6 is 0 Å². The second kappa shape index (κ2) is 3.86. The van der Waals surface area contributed by atoms with Gasteiger partial charge in [0.15, 0.2) is 11.6 Å². The topological polar surface area (TPSA) is 58.6 Å². The van der Waals surface area contributed by atoms with Crippen molar-refractivity contribution in [3.8, 4) is 5.75 Å². The van der Waals surface area contributed by atoms with Gasteiger partial charge in [-0.05, 0) is 18.2 Å². The van der Waals surface area contributed by atoms with Crippen LogP contribution in [0.5, 0.6) is 5.75 Å². The van der Waals surface area contributed by atoms with Crippen LogP contribution in [0.4, 0.5) is 4.39 Å². The predicted molar refractivity (Wildman–Crippen MR) is 42.2 cm³/mol. The summed E-state index contributed by atoms with van der Waals surface area (Å²) < 4.78 is 17.5. The van der Waals surface area contributed by atoms with E-state index in [-0.39, 0.29) is 11.3 Å². The summed E-state index contributed by atoms with van der Waals surface area (Å²) in [5.74, 6) is -1.31. The van der Waals surface area contributed by atoms with Gasteiger partial charge in [0.25, 0.3) is 5.91 Å². The van der Waals surface area contributed by atoms with E-state index < -0.39 is 11.7 Å². The summed E-state index contributed by atoms with van der Waals surface area (Å²) in [6, 6.07) is 3.52. The van der Waals surface area contributed by atoms with Gasteiger partial charge in [0, 0.05) is 5.56 Å². The van der Waals surface area contributed by atoms with Gasteiger partial charge >= 0.3 is 0 Å². The van der Waals surface area contributed by atoms with Gasteiger partial charge in [0.1, 0.15) is 0 Å². The van der Waals surface area contributed by atoms with Crippen LogP contribution in [-0.2, 0) is 0 Å². The Bertz CT molecular complexity index is 327. The van der Waals surface area contributed by atoms with Crippen LogP contribution in [0, 0.1) is 5.82 Å². The summed E-state index contributed by atoms with van der Waals surface area (Å²) in [4.78, 5) is 10.9. The maximum absolute atomic E-state index is 12.8. The molecule has 0 atom stereocenters. The molecular formula is C8H8FNO3. The fourth-order valence-corrected chi connectivity index (χ4v) is 0.866. The lowest BCUT2D eigenvalue weighted by atomic mass is 10.2. The lowest BCUT2D eigenvalue weighted by molar-refractivity contribution is 0.0706. The second-order valence-electron chi connectivity index (χ2n) is 2.29. The number of hydroxylamine groups is 1. The van der Waals surface area contributed by atoms with Crippen LogP contribution in [0.1, 0.15) is 10.4 Å². The van der Waals surface area contributed by atoms with Crippen LogP contribution in [-0.4, -0.2) is 18.2 Å². The minimum absolute atomic E-state index is 0.0406. The number of hydrogen-bond donors (Lipinski definition) is 2. The number of rotatable bonds is 2. The Hall–Kier alpha value is -1.62. The van der Waals surface area contributed by atoms with E-state index in [2.05, 4.69) is 4.74 Å². The van der Waals surface area contributed by atoms with Crippen molar-refractivity contribution >= 4 is 5.91 Å². The summed E-state index contributed by atoms with van der Waals surface area (Å²) in [5, 5.41) is 8.29. The van der Waals surface area contributed by atoms with Gasteiger partial charge in [-0.15, -0.1) is 0 Å². The number of carbonyl (C=O) groups excluding carboxylic acids is 1. The molecule has 2 N–H and O–H groups in total. The lowest BCUT2D eigenvalue weighted by Crippen LogP contribution is -2.18. The van der Waals surface area contributed by atoms with Crippen molar-refractivity contribution in [3.63, 3.8) is 0 Å². The van der Waals surface area contributed by atoms with E-state index in [1.165, 1.54) is 24.7 Å². The smallest absolute Gasteiger partial charge is 0.274 e. The Labute approximate surface area is 73.9 Å². The Balaban J connectivity index is 3.06. The molecule has 1 amide bonds. The molecule has 0 saturated heterocycles. The van der Waals surface area contributed by atoms with Gasteiger partial charge < -0.3 is 4.74 Å². The highest BCUT2D eigenvalue weighted by molar-refractivity contribution is 5.93. The van der Waals surface area contributed by atoms with Gasteiger partial charge in [0.05, 0.1) is 7.11 Å². The maximum Gasteiger partial charge on any atom is 0.274 e. The molecule has 0 aliphatic heterocycles. The molecule has 0 aliphatic rings. The van der Waals surface area contributed by atoms with Crippen LogP contribution < -0.4 is 10.2 Å². The summed E-state index contributed by atoms with van der Waals surface area (Å²) in [7, 11) is 1.29. The van der Waals surface area contributed by atoms with Crippen LogP contribution in [0.25, 0.3) is 0 Å². The van der Waals surface area contributed by atoms with E-state index in [0.29, 0.717) is 0 Å². The molecule has 5 heteroatoms. The second-order valence-corrected chi connectivity index (χ2v) is 2.29. The Morgan fingerprint density at radius 1 is 1.62 bits per heavy atom. The maximum atomic E-state index is 12.8. The van der Waals surface area contributed by atoms with Gasteiger partial charge in [-0.2, -0.15) is 0 Å². The van der Waals surface area contributed by atoms with Gasteiger partial charge in [-0.25, -0.2) is 9.87 Å². The lowest BCUT2D eigenvalue weighted by Gasteiger charge is -2.03. The molecule has 0 unspecified atom stereocenters. The van der Waals surface area contributed by atoms with E-state index in [0.717, 1.165) is 6.07 Å². The Morgan fingerprint density at radius 2 is 2.31 bits per heavy atom. The molecule has 0 aromatic heterocycles. The number of nitrogens with one attached hydrogen (secondary N) is 1. The van der Waals surface area contributed by atoms with Crippen molar-refractivity contribution in [1.29, 1.82) is 0 Å². The van der Waals surface area contributed by atoms with Crippen LogP contribution in [0.2, 0.25) is 0 Å². The van der Waals surface area contributed by atoms with Crippen molar-refractivity contribution in [2.24, 2.45) is 0 Å². The summed E-state index contributed by atoms with van der Waals surface area (Å²) in [5.41, 5.74) is 1.56. The SMILES string of the molecule is COc1cc(C(=O)NO)ccc1F. The minimum atomic E-state index is -0.710. The first-order chi connectivity index (χ1) is 6.19. The fourth-order valence-electron chi connectivity index (χ4n) is 0.866. The molecule has 0 radical (unpaired) electrons. The molecule has 1 aromatic carbocycles. The molecule has 0 heterocycles. The zero-order valence-electron chi connectivity index (χ0n) is 6.87. The van der Waals surface area contributed by atoms with Crippen molar-refractivity contribution in [3.05, 3.63) is 29.6 Å². The average Bonchev–Trinajstić information content (AvgIpc) is 2.17. The number of carbonyl (C=O) groups is 1. The summed E-state index contributed by atoms with van der Waals surface area (Å²) in [6.45, 7) is 0. The molecular weight excluding hydrogens is 177 g/mol. The number of hydrogen-bond acceptors (Lipinski definition) is 3. The number of amides is 1. The summed E-state index contributed by atoms with van der Waals surface area (Å²) >= 11 is 0. The first kappa shape index (κ1) is 9.47. The predicted octanol–water partition coefficient (Wildman–Crippen LogP) is 0.953. The van der Waals surface area contributed by atoms with E-state index in [1.807, 2.05) is 0 Å². The van der Waals surface area contributed by atoms with Crippen molar-refractivity contribution in [1.82, 2.24) is 5.48 Å². The quantitative estimate of drug-likeness (QED) is 0.532. The highest BCUT2D eigenvalue weighted by Crippen LogP contribution is 2.17. The molecule has 13 heavy (non-hydrogen) atoms. The monoisotopic (exact) mass is 185 g/mol. The number of methoxy groups -OCH3 is 1. The molecule has 0 saturated carbocycles. The molecule has 1 rings (SSSR count). The van der Waals surface area contributed by atoms with E-state index in [9.17, 15) is 9.18 Å². The normalized spacial score (nSPS) is 9.46. The van der Waals surface area contributed by atoms with Crippen molar-refractivity contribution < 1.29 is 19.1 Å². The number of halogens is 1. The third kappa shape index (κ3) is 1.94. The van der Waals surface area contributed by atoms with E-state index >= 15 is 0 Å². The van der Waals surface area contributed by atoms with Gasteiger partial charge in [-0.3, -0.25) is 10.0 Å². The highest BCUT2D eigenvalue weighted by Gasteiger charge is 2.08. The van der Waals surface area contributed by atoms with Crippen molar-refractivity contribution in [2.45, 2.75) is 0 Å². The molecule has 0 bridgehead atoms.